The minimum atomic E-state index is -0.856. The number of benzene rings is 1. The fraction of sp³-hybridized carbons (Fsp3) is 0.500. The lowest BCUT2D eigenvalue weighted by Crippen LogP contribution is -2.37. The van der Waals surface area contributed by atoms with Crippen molar-refractivity contribution in [3.05, 3.63) is 34.9 Å². The van der Waals surface area contributed by atoms with E-state index in [-0.39, 0.29) is 37.3 Å². The Balaban J connectivity index is 0.00000441. The Morgan fingerprint density at radius 1 is 1.27 bits per heavy atom. The average Bonchev–Trinajstić information content (AvgIpc) is 2.39. The van der Waals surface area contributed by atoms with Gasteiger partial charge in [-0.3, -0.25) is 14.5 Å². The monoisotopic (exact) mass is 328 g/mol. The van der Waals surface area contributed by atoms with Crippen LogP contribution in [0.2, 0.25) is 0 Å². The van der Waals surface area contributed by atoms with Crippen LogP contribution in [0.5, 0.6) is 0 Å². The molecule has 0 saturated carbocycles. The molecule has 1 atom stereocenters. The van der Waals surface area contributed by atoms with Crippen LogP contribution in [0.3, 0.4) is 0 Å². The zero-order valence-corrected chi connectivity index (χ0v) is 14.4. The molecule has 1 aromatic rings. The van der Waals surface area contributed by atoms with Crippen LogP contribution < -0.4 is 5.32 Å². The first-order valence-corrected chi connectivity index (χ1v) is 7.06. The van der Waals surface area contributed by atoms with Crippen LogP contribution in [-0.2, 0) is 9.59 Å². The molecule has 0 aliphatic carbocycles. The molecular formula is C16H25ClN2O3. The predicted octanol–water partition coefficient (Wildman–Crippen LogP) is 2.31. The summed E-state index contributed by atoms with van der Waals surface area (Å²) in [7, 11) is 1.74. The second-order valence-electron chi connectivity index (χ2n) is 5.51. The van der Waals surface area contributed by atoms with E-state index in [2.05, 4.69) is 18.3 Å². The van der Waals surface area contributed by atoms with Gasteiger partial charge in [-0.1, -0.05) is 18.2 Å². The Kier molecular flexibility index (Phi) is 8.75. The second-order valence-corrected chi connectivity index (χ2v) is 5.51. The molecule has 1 rings (SSSR count). The molecule has 0 heterocycles. The number of likely N-dealkylation sites (N-methyl/N-ethyl adjacent to an activating group) is 1. The summed E-state index contributed by atoms with van der Waals surface area (Å²) in [6.45, 7) is 6.61. The maximum Gasteiger partial charge on any atom is 0.304 e. The molecule has 0 aliphatic rings. The summed E-state index contributed by atoms with van der Waals surface area (Å²) in [5.74, 6) is -0.959. The minimum Gasteiger partial charge on any atom is -0.481 e. The molecule has 0 radical (unpaired) electrons. The van der Waals surface area contributed by atoms with Crippen LogP contribution in [0, 0.1) is 13.8 Å². The lowest BCUT2D eigenvalue weighted by atomic mass is 10.0. The Hall–Kier alpha value is -1.59. The van der Waals surface area contributed by atoms with E-state index in [0.717, 1.165) is 5.56 Å². The average molecular weight is 329 g/mol. The quantitative estimate of drug-likeness (QED) is 0.806. The highest BCUT2D eigenvalue weighted by Gasteiger charge is 2.12. The SMILES string of the molecule is Cc1ccc(C(C)NC(=O)CN(C)CCC(=O)O)cc1C.Cl. The second kappa shape index (κ2) is 9.43. The van der Waals surface area contributed by atoms with Crippen LogP contribution in [0.1, 0.15) is 36.1 Å². The normalized spacial score (nSPS) is 11.7. The summed E-state index contributed by atoms with van der Waals surface area (Å²) in [5.41, 5.74) is 3.50. The maximum atomic E-state index is 11.9. The van der Waals surface area contributed by atoms with Gasteiger partial charge in [0.05, 0.1) is 19.0 Å². The molecule has 0 fully saturated rings. The number of aliphatic carboxylic acids is 1. The van der Waals surface area contributed by atoms with Gasteiger partial charge < -0.3 is 10.4 Å². The Morgan fingerprint density at radius 2 is 1.91 bits per heavy atom. The van der Waals surface area contributed by atoms with Crippen LogP contribution in [0.15, 0.2) is 18.2 Å². The molecule has 124 valence electrons. The van der Waals surface area contributed by atoms with Gasteiger partial charge in [0.1, 0.15) is 0 Å². The molecular weight excluding hydrogens is 304 g/mol. The molecule has 0 spiro atoms. The number of amides is 1. The number of rotatable bonds is 7. The standard InChI is InChI=1S/C16H24N2O3.ClH/c1-11-5-6-14(9-12(11)2)13(3)17-15(19)10-18(4)8-7-16(20)21;/h5-6,9,13H,7-8,10H2,1-4H3,(H,17,19)(H,20,21);1H. The first-order valence-electron chi connectivity index (χ1n) is 7.06. The van der Waals surface area contributed by atoms with Crippen molar-refractivity contribution in [1.29, 1.82) is 0 Å². The van der Waals surface area contributed by atoms with Crippen LogP contribution in [0.25, 0.3) is 0 Å². The van der Waals surface area contributed by atoms with Crippen LogP contribution in [-0.4, -0.2) is 42.0 Å². The number of halogens is 1. The van der Waals surface area contributed by atoms with E-state index in [1.54, 1.807) is 11.9 Å². The first kappa shape index (κ1) is 20.4. The van der Waals surface area contributed by atoms with Crippen molar-refractivity contribution >= 4 is 24.3 Å². The number of carboxylic acids is 1. The number of nitrogens with one attached hydrogen (secondary N) is 1. The lowest BCUT2D eigenvalue weighted by Gasteiger charge is -2.19. The first-order chi connectivity index (χ1) is 9.79. The van der Waals surface area contributed by atoms with Gasteiger partial charge in [0.2, 0.25) is 5.91 Å². The number of aryl methyl sites for hydroxylation is 2. The summed E-state index contributed by atoms with van der Waals surface area (Å²) in [4.78, 5) is 24.1. The van der Waals surface area contributed by atoms with E-state index < -0.39 is 5.97 Å². The highest BCUT2D eigenvalue weighted by atomic mass is 35.5. The van der Waals surface area contributed by atoms with Gasteiger partial charge in [0, 0.05) is 6.54 Å². The number of carbonyl (C=O) groups is 2. The molecule has 5 nitrogen and oxygen atoms in total. The van der Waals surface area contributed by atoms with Gasteiger partial charge in [-0.05, 0) is 44.5 Å². The number of carbonyl (C=O) groups excluding carboxylic acids is 1. The van der Waals surface area contributed by atoms with Crippen LogP contribution >= 0.6 is 12.4 Å². The van der Waals surface area contributed by atoms with Crippen LogP contribution in [0.4, 0.5) is 0 Å². The summed E-state index contributed by atoms with van der Waals surface area (Å²) in [6, 6.07) is 6.08. The smallest absolute Gasteiger partial charge is 0.304 e. The van der Waals surface area contributed by atoms with Gasteiger partial charge >= 0.3 is 5.97 Å². The number of hydrogen-bond donors (Lipinski definition) is 2. The molecule has 0 saturated heterocycles. The Morgan fingerprint density at radius 3 is 2.45 bits per heavy atom. The summed E-state index contributed by atoms with van der Waals surface area (Å²) >= 11 is 0. The topological polar surface area (TPSA) is 69.6 Å². The van der Waals surface area contributed by atoms with Crippen molar-refractivity contribution in [2.24, 2.45) is 0 Å². The van der Waals surface area contributed by atoms with Gasteiger partial charge in [-0.25, -0.2) is 0 Å². The van der Waals surface area contributed by atoms with E-state index in [1.165, 1.54) is 11.1 Å². The molecule has 1 aromatic carbocycles. The van der Waals surface area contributed by atoms with Gasteiger partial charge in [-0.2, -0.15) is 0 Å². The fourth-order valence-electron chi connectivity index (χ4n) is 2.02. The lowest BCUT2D eigenvalue weighted by molar-refractivity contribution is -0.137. The van der Waals surface area contributed by atoms with Gasteiger partial charge in [0.25, 0.3) is 0 Å². The molecule has 1 amide bonds. The van der Waals surface area contributed by atoms with Gasteiger partial charge in [-0.15, -0.1) is 12.4 Å². The number of nitrogens with zero attached hydrogens (tertiary/aromatic N) is 1. The summed E-state index contributed by atoms with van der Waals surface area (Å²) < 4.78 is 0. The largest absolute Gasteiger partial charge is 0.481 e. The number of carboxylic acid groups (broad SMARTS) is 1. The van der Waals surface area contributed by atoms with Crippen molar-refractivity contribution in [3.8, 4) is 0 Å². The van der Waals surface area contributed by atoms with Crippen molar-refractivity contribution in [2.45, 2.75) is 33.2 Å². The Bertz CT molecular complexity index is 520. The Labute approximate surface area is 138 Å². The van der Waals surface area contributed by atoms with Crippen molar-refractivity contribution in [1.82, 2.24) is 10.2 Å². The molecule has 2 N–H and O–H groups in total. The van der Waals surface area contributed by atoms with E-state index >= 15 is 0 Å². The van der Waals surface area contributed by atoms with E-state index in [1.807, 2.05) is 26.0 Å². The predicted molar refractivity (Wildman–Crippen MR) is 89.5 cm³/mol. The molecule has 0 aliphatic heterocycles. The van der Waals surface area contributed by atoms with E-state index in [4.69, 9.17) is 5.11 Å². The van der Waals surface area contributed by atoms with Crippen molar-refractivity contribution in [3.63, 3.8) is 0 Å². The summed E-state index contributed by atoms with van der Waals surface area (Å²) in [5, 5.41) is 11.5. The van der Waals surface area contributed by atoms with Crippen molar-refractivity contribution < 1.29 is 14.7 Å². The minimum absolute atomic E-state index is 0. The fourth-order valence-corrected chi connectivity index (χ4v) is 2.02. The maximum absolute atomic E-state index is 11.9. The molecule has 6 heteroatoms. The zero-order valence-electron chi connectivity index (χ0n) is 13.5. The highest BCUT2D eigenvalue weighted by Crippen LogP contribution is 2.16. The molecule has 0 aromatic heterocycles. The third-order valence-electron chi connectivity index (χ3n) is 3.53. The summed E-state index contributed by atoms with van der Waals surface area (Å²) in [6.07, 6.45) is 0.0382. The number of hydrogen-bond acceptors (Lipinski definition) is 3. The van der Waals surface area contributed by atoms with Crippen molar-refractivity contribution in [2.75, 3.05) is 20.1 Å². The molecule has 1 unspecified atom stereocenters. The molecule has 22 heavy (non-hydrogen) atoms. The third-order valence-corrected chi connectivity index (χ3v) is 3.53. The molecule has 0 bridgehead atoms. The highest BCUT2D eigenvalue weighted by molar-refractivity contribution is 5.85. The van der Waals surface area contributed by atoms with E-state index in [9.17, 15) is 9.59 Å². The van der Waals surface area contributed by atoms with Gasteiger partial charge in [0.15, 0.2) is 0 Å². The zero-order chi connectivity index (χ0) is 16.0. The third kappa shape index (κ3) is 6.91. The van der Waals surface area contributed by atoms with E-state index in [0.29, 0.717) is 6.54 Å².